The molecule has 0 unspecified atom stereocenters. The zero-order valence-electron chi connectivity index (χ0n) is 19.9. The summed E-state index contributed by atoms with van der Waals surface area (Å²) >= 11 is 0. The lowest BCUT2D eigenvalue weighted by molar-refractivity contribution is -0.0348. The van der Waals surface area contributed by atoms with E-state index in [4.69, 9.17) is 9.47 Å². The smallest absolute Gasteiger partial charge is 0.407 e. The summed E-state index contributed by atoms with van der Waals surface area (Å²) in [5, 5.41) is 3.17. The van der Waals surface area contributed by atoms with Gasteiger partial charge < -0.3 is 14.8 Å². The third kappa shape index (κ3) is 4.10. The van der Waals surface area contributed by atoms with Gasteiger partial charge in [0.1, 0.15) is 17.7 Å². The maximum Gasteiger partial charge on any atom is 0.407 e. The molecule has 5 nitrogen and oxygen atoms in total. The minimum absolute atomic E-state index is 0.0151. The first kappa shape index (κ1) is 22.2. The lowest BCUT2D eigenvalue weighted by atomic mass is 9.85. The van der Waals surface area contributed by atoms with Gasteiger partial charge in [-0.1, -0.05) is 26.0 Å². The topological polar surface area (TPSA) is 50.8 Å². The van der Waals surface area contributed by atoms with E-state index in [1.54, 1.807) is 12.1 Å². The van der Waals surface area contributed by atoms with Gasteiger partial charge in [-0.05, 0) is 85.0 Å². The van der Waals surface area contributed by atoms with Crippen molar-refractivity contribution in [3.05, 3.63) is 52.8 Å². The summed E-state index contributed by atoms with van der Waals surface area (Å²) in [7, 11) is 1.53. The largest absolute Gasteiger partial charge is 0.497 e. The van der Waals surface area contributed by atoms with E-state index in [9.17, 15) is 9.18 Å². The number of alkyl carbamates (subject to hydrolysis) is 1. The van der Waals surface area contributed by atoms with Crippen molar-refractivity contribution in [2.24, 2.45) is 11.3 Å². The fourth-order valence-corrected chi connectivity index (χ4v) is 5.95. The van der Waals surface area contributed by atoms with Gasteiger partial charge >= 0.3 is 6.09 Å². The van der Waals surface area contributed by atoms with E-state index >= 15 is 0 Å². The second kappa shape index (κ2) is 8.32. The number of carbonyl (C=O) groups excluding carboxylic acids is 1. The van der Waals surface area contributed by atoms with Crippen molar-refractivity contribution in [2.75, 3.05) is 26.7 Å². The first-order chi connectivity index (χ1) is 15.7. The van der Waals surface area contributed by atoms with Crippen LogP contribution in [0.5, 0.6) is 5.75 Å². The summed E-state index contributed by atoms with van der Waals surface area (Å²) < 4.78 is 25.8. The molecule has 0 saturated carbocycles. The van der Waals surface area contributed by atoms with Crippen LogP contribution in [-0.4, -0.2) is 43.8 Å². The Labute approximate surface area is 195 Å². The second-order valence-corrected chi connectivity index (χ2v) is 10.5. The molecule has 1 aliphatic carbocycles. The highest BCUT2D eigenvalue weighted by Gasteiger charge is 2.42. The number of fused-ring (bicyclic) bond motifs is 4. The van der Waals surface area contributed by atoms with Crippen molar-refractivity contribution in [2.45, 2.75) is 52.2 Å². The van der Waals surface area contributed by atoms with Crippen LogP contribution in [0.2, 0.25) is 0 Å². The van der Waals surface area contributed by atoms with E-state index < -0.39 is 0 Å². The minimum Gasteiger partial charge on any atom is -0.497 e. The molecule has 2 aromatic rings. The van der Waals surface area contributed by atoms with Gasteiger partial charge in [0.2, 0.25) is 0 Å². The molecule has 1 amide bonds. The Morgan fingerprint density at radius 1 is 1.15 bits per heavy atom. The molecule has 0 spiro atoms. The van der Waals surface area contributed by atoms with Crippen LogP contribution < -0.4 is 10.1 Å². The zero-order valence-corrected chi connectivity index (χ0v) is 19.9. The van der Waals surface area contributed by atoms with Gasteiger partial charge in [0.05, 0.1) is 13.2 Å². The first-order valence-corrected chi connectivity index (χ1v) is 11.9. The number of piperidine rings is 3. The number of ether oxygens (including phenoxy) is 2. The third-order valence-electron chi connectivity index (χ3n) is 7.81. The van der Waals surface area contributed by atoms with E-state index in [1.165, 1.54) is 13.2 Å². The maximum atomic E-state index is 14.8. The van der Waals surface area contributed by atoms with Crippen molar-refractivity contribution < 1.29 is 18.7 Å². The summed E-state index contributed by atoms with van der Waals surface area (Å²) in [5.74, 6) is 0.682. The van der Waals surface area contributed by atoms with E-state index in [-0.39, 0.29) is 29.5 Å². The molecule has 176 valence electrons. The molecule has 2 atom stereocenters. The molecule has 0 radical (unpaired) electrons. The number of rotatable bonds is 4. The van der Waals surface area contributed by atoms with Crippen LogP contribution in [0.15, 0.2) is 30.3 Å². The molecule has 3 heterocycles. The summed E-state index contributed by atoms with van der Waals surface area (Å²) in [6, 6.07) is 9.00. The fraction of sp³-hybridized carbons (Fsp3) is 0.519. The predicted molar refractivity (Wildman–Crippen MR) is 126 cm³/mol. The summed E-state index contributed by atoms with van der Waals surface area (Å²) in [4.78, 5) is 15.3. The second-order valence-electron chi connectivity index (χ2n) is 10.5. The average molecular weight is 453 g/mol. The summed E-state index contributed by atoms with van der Waals surface area (Å²) in [6.45, 7) is 9.40. The molecule has 1 N–H and O–H groups in total. The average Bonchev–Trinajstić information content (AvgIpc) is 3.03. The molecule has 3 saturated heterocycles. The molecule has 2 aromatic carbocycles. The lowest BCUT2D eigenvalue weighted by Gasteiger charge is -2.44. The number of methoxy groups -OCH3 is 1. The van der Waals surface area contributed by atoms with E-state index in [1.807, 2.05) is 6.92 Å². The van der Waals surface area contributed by atoms with Crippen LogP contribution in [0, 0.1) is 24.1 Å². The van der Waals surface area contributed by atoms with E-state index in [0.29, 0.717) is 17.2 Å². The number of nitrogens with one attached hydrogen (secondary N) is 1. The number of carbonyl (C=O) groups is 1. The van der Waals surface area contributed by atoms with Crippen LogP contribution in [0.3, 0.4) is 0 Å². The summed E-state index contributed by atoms with van der Waals surface area (Å²) in [5.41, 5.74) is 4.49. The summed E-state index contributed by atoms with van der Waals surface area (Å²) in [6.07, 6.45) is 2.68. The normalized spacial score (nSPS) is 27.2. The lowest BCUT2D eigenvalue weighted by Crippen LogP contribution is -2.53. The van der Waals surface area contributed by atoms with Crippen molar-refractivity contribution in [3.63, 3.8) is 0 Å². The highest BCUT2D eigenvalue weighted by Crippen LogP contribution is 2.47. The molecule has 6 heteroatoms. The third-order valence-corrected chi connectivity index (χ3v) is 7.81. The van der Waals surface area contributed by atoms with Crippen molar-refractivity contribution in [3.8, 4) is 16.9 Å². The molecule has 6 rings (SSSR count). The molecule has 3 fully saturated rings. The minimum atomic E-state index is -0.331. The Kier molecular flexibility index (Phi) is 5.60. The van der Waals surface area contributed by atoms with Gasteiger partial charge in [0.25, 0.3) is 0 Å². The number of hydrogen-bond acceptors (Lipinski definition) is 4. The van der Waals surface area contributed by atoms with Gasteiger partial charge in [-0.3, -0.25) is 4.90 Å². The number of amides is 1. The predicted octanol–water partition coefficient (Wildman–Crippen LogP) is 5.25. The number of halogens is 1. The van der Waals surface area contributed by atoms with Crippen molar-refractivity contribution >= 4 is 6.09 Å². The first-order valence-electron chi connectivity index (χ1n) is 11.9. The fourth-order valence-electron chi connectivity index (χ4n) is 5.95. The van der Waals surface area contributed by atoms with E-state index in [2.05, 4.69) is 36.2 Å². The molecule has 3 aliphatic heterocycles. The standard InChI is InChI=1S/C27H33FN2O3/c1-16-11-22-18(12-21(16)20-6-5-19(32-4)13-23(20)28)14-27(2,3)25(22)29-26(31)33-24-15-30-9-7-17(24)8-10-30/h5-6,11-13,17,24-25H,7-10,14-15H2,1-4H3,(H,29,31)/t24-,25+/m1/s1. The Bertz CT molecular complexity index is 1080. The van der Waals surface area contributed by atoms with Crippen LogP contribution >= 0.6 is 0 Å². The Morgan fingerprint density at radius 2 is 1.91 bits per heavy atom. The van der Waals surface area contributed by atoms with Gasteiger partial charge in [0.15, 0.2) is 0 Å². The van der Waals surface area contributed by atoms with Gasteiger partial charge in [-0.25, -0.2) is 9.18 Å². The highest BCUT2D eigenvalue weighted by atomic mass is 19.1. The van der Waals surface area contributed by atoms with Crippen LogP contribution in [-0.2, 0) is 11.2 Å². The number of aryl methyl sites for hydroxylation is 1. The molecule has 0 aromatic heterocycles. The number of hydrogen-bond donors (Lipinski definition) is 1. The van der Waals surface area contributed by atoms with Crippen LogP contribution in [0.1, 0.15) is 49.4 Å². The highest BCUT2D eigenvalue weighted by molar-refractivity contribution is 5.72. The molecule has 33 heavy (non-hydrogen) atoms. The zero-order chi connectivity index (χ0) is 23.3. The molecular weight excluding hydrogens is 419 g/mol. The van der Waals surface area contributed by atoms with E-state index in [0.717, 1.165) is 61.2 Å². The van der Waals surface area contributed by atoms with Gasteiger partial charge in [-0.15, -0.1) is 0 Å². The number of benzene rings is 2. The van der Waals surface area contributed by atoms with Crippen LogP contribution in [0.4, 0.5) is 9.18 Å². The Morgan fingerprint density at radius 3 is 2.55 bits per heavy atom. The van der Waals surface area contributed by atoms with Crippen LogP contribution in [0.25, 0.3) is 11.1 Å². The number of nitrogens with zero attached hydrogens (tertiary/aromatic N) is 1. The van der Waals surface area contributed by atoms with Crippen molar-refractivity contribution in [1.82, 2.24) is 10.2 Å². The molecule has 2 bridgehead atoms. The Balaban J connectivity index is 1.38. The maximum absolute atomic E-state index is 14.8. The van der Waals surface area contributed by atoms with Gasteiger partial charge in [-0.2, -0.15) is 0 Å². The SMILES string of the molecule is COc1ccc(-c2cc3c(cc2C)[C@H](NC(=O)O[C@@H]2CN4CCC2CC4)C(C)(C)C3)c(F)c1. The van der Waals surface area contributed by atoms with Gasteiger partial charge in [0, 0.05) is 18.2 Å². The Hall–Kier alpha value is -2.60. The van der Waals surface area contributed by atoms with Crippen molar-refractivity contribution in [1.29, 1.82) is 0 Å². The molecular formula is C27H33FN2O3. The monoisotopic (exact) mass is 452 g/mol. The quantitative estimate of drug-likeness (QED) is 0.688. The molecule has 4 aliphatic rings.